The van der Waals surface area contributed by atoms with Crippen LogP contribution in [0.1, 0.15) is 11.1 Å². The molecule has 0 unspecified atom stereocenters. The maximum atomic E-state index is 11.0. The second-order valence-corrected chi connectivity index (χ2v) is 7.10. The third-order valence-corrected chi connectivity index (χ3v) is 4.83. The number of azo groups is 1. The lowest BCUT2D eigenvalue weighted by atomic mass is 10.1. The number of ether oxygens (including phenoxy) is 4. The molecule has 0 spiro atoms. The lowest BCUT2D eigenvalue weighted by Crippen LogP contribution is -2.31. The van der Waals surface area contributed by atoms with Crippen molar-refractivity contribution in [2.75, 3.05) is 58.6 Å². The quantitative estimate of drug-likeness (QED) is 0.0931. The topological polar surface area (TPSA) is 156 Å². The molecule has 0 radical (unpaired) electrons. The van der Waals surface area contributed by atoms with Gasteiger partial charge >= 0.3 is 0 Å². The number of hydrogen-bond donors (Lipinski definition) is 1. The van der Waals surface area contributed by atoms with Crippen LogP contribution in [0.3, 0.4) is 0 Å². The summed E-state index contributed by atoms with van der Waals surface area (Å²) in [7, 11) is 3.25. The van der Waals surface area contributed by atoms with E-state index >= 15 is 0 Å². The molecule has 0 bridgehead atoms. The minimum atomic E-state index is -0.578. The van der Waals surface area contributed by atoms with Crippen molar-refractivity contribution in [1.29, 1.82) is 10.7 Å². The summed E-state index contributed by atoms with van der Waals surface area (Å²) in [6.45, 7) is 3.36. The van der Waals surface area contributed by atoms with Gasteiger partial charge in [0.15, 0.2) is 6.40 Å². The molecule has 0 saturated carbocycles. The molecule has 186 valence electrons. The Morgan fingerprint density at radius 2 is 1.77 bits per heavy atom. The highest BCUT2D eigenvalue weighted by Gasteiger charge is 2.13. The molecule has 2 rings (SSSR count). The van der Waals surface area contributed by atoms with E-state index in [0.717, 1.165) is 18.2 Å². The van der Waals surface area contributed by atoms with E-state index < -0.39 is 4.92 Å². The normalized spacial score (nSPS) is 10.8. The van der Waals surface area contributed by atoms with Gasteiger partial charge in [-0.1, -0.05) is 0 Å². The van der Waals surface area contributed by atoms with Gasteiger partial charge in [0.05, 0.1) is 42.6 Å². The fraction of sp³-hybridized carbons (Fsp3) is 0.391. The van der Waals surface area contributed by atoms with Gasteiger partial charge in [-0.05, 0) is 24.3 Å². The molecule has 0 aliphatic heterocycles. The van der Waals surface area contributed by atoms with Gasteiger partial charge in [-0.3, -0.25) is 15.5 Å². The van der Waals surface area contributed by atoms with Crippen molar-refractivity contribution in [2.24, 2.45) is 10.2 Å². The Bertz CT molecular complexity index is 1060. The van der Waals surface area contributed by atoms with E-state index in [-0.39, 0.29) is 23.5 Å². The Kier molecular flexibility index (Phi) is 11.8. The summed E-state index contributed by atoms with van der Waals surface area (Å²) in [4.78, 5) is 12.5. The van der Waals surface area contributed by atoms with Crippen molar-refractivity contribution in [3.8, 4) is 6.07 Å². The molecule has 0 saturated heterocycles. The van der Waals surface area contributed by atoms with E-state index in [1.807, 2.05) is 18.2 Å². The monoisotopic (exact) mass is 484 g/mol. The van der Waals surface area contributed by atoms with Gasteiger partial charge in [0, 0.05) is 50.7 Å². The van der Waals surface area contributed by atoms with Crippen molar-refractivity contribution in [3.63, 3.8) is 0 Å². The number of methoxy groups -OCH3 is 2. The van der Waals surface area contributed by atoms with E-state index in [1.165, 1.54) is 12.1 Å². The van der Waals surface area contributed by atoms with E-state index in [0.29, 0.717) is 50.8 Å². The number of rotatable bonds is 16. The second-order valence-electron chi connectivity index (χ2n) is 7.10. The molecule has 12 nitrogen and oxygen atoms in total. The van der Waals surface area contributed by atoms with Crippen LogP contribution >= 0.6 is 0 Å². The highest BCUT2D eigenvalue weighted by atomic mass is 16.6. The van der Waals surface area contributed by atoms with Gasteiger partial charge in [-0.25, -0.2) is 0 Å². The molecule has 0 aliphatic carbocycles. The van der Waals surface area contributed by atoms with Crippen LogP contribution in [-0.4, -0.2) is 65.1 Å². The van der Waals surface area contributed by atoms with Gasteiger partial charge < -0.3 is 23.8 Å². The third kappa shape index (κ3) is 8.74. The molecular weight excluding hydrogens is 456 g/mol. The number of nitro groups is 1. The second kappa shape index (κ2) is 15.1. The molecule has 0 atom stereocenters. The van der Waals surface area contributed by atoms with Crippen LogP contribution in [0.4, 0.5) is 22.7 Å². The number of nitrogens with one attached hydrogen (secondary N) is 1. The van der Waals surface area contributed by atoms with Crippen LogP contribution in [0, 0.1) is 26.9 Å². The molecular formula is C23H28N6O6. The largest absolute Gasteiger partial charge is 0.479 e. The number of nitrogens with zero attached hydrogens (tertiary/aromatic N) is 5. The fourth-order valence-corrected chi connectivity index (χ4v) is 3.03. The number of nitro benzene ring substituents is 1. The number of nitriles is 1. The highest BCUT2D eigenvalue weighted by Crippen LogP contribution is 2.30. The van der Waals surface area contributed by atoms with Crippen molar-refractivity contribution < 1.29 is 23.9 Å². The van der Waals surface area contributed by atoms with Crippen molar-refractivity contribution >= 4 is 29.2 Å². The van der Waals surface area contributed by atoms with E-state index in [1.54, 1.807) is 20.3 Å². The van der Waals surface area contributed by atoms with Crippen LogP contribution in [0.5, 0.6) is 0 Å². The van der Waals surface area contributed by atoms with Crippen LogP contribution < -0.4 is 4.90 Å². The summed E-state index contributed by atoms with van der Waals surface area (Å²) < 4.78 is 21.0. The molecule has 0 heterocycles. The predicted molar refractivity (Wildman–Crippen MR) is 129 cm³/mol. The molecule has 0 aliphatic rings. The molecule has 0 aromatic heterocycles. The minimum Gasteiger partial charge on any atom is -0.479 e. The van der Waals surface area contributed by atoms with Crippen LogP contribution in [-0.2, 0) is 25.6 Å². The third-order valence-electron chi connectivity index (χ3n) is 4.83. The first-order chi connectivity index (χ1) is 17.0. The summed E-state index contributed by atoms with van der Waals surface area (Å²) in [5.74, 6) is 0. The average molecular weight is 485 g/mol. The standard InChI is InChI=1S/C23H28N6O6/c1-32-9-7-28(8-10-34-12-11-33-2)20-3-5-23(19(14-20)16-35-17-25)27-26-22-6-4-21(29(30)31)13-18(22)15-24/h3-6,13-14,17,25H,7-12,16H2,1-2H3. The summed E-state index contributed by atoms with van der Waals surface area (Å²) in [6, 6.07) is 11.2. The summed E-state index contributed by atoms with van der Waals surface area (Å²) in [5, 5.41) is 35.8. The number of benzene rings is 2. The van der Waals surface area contributed by atoms with E-state index in [2.05, 4.69) is 15.1 Å². The predicted octanol–water partition coefficient (Wildman–Crippen LogP) is 4.12. The lowest BCUT2D eigenvalue weighted by Gasteiger charge is -2.25. The van der Waals surface area contributed by atoms with Gasteiger partial charge in [-0.15, -0.1) is 5.11 Å². The first-order valence-electron chi connectivity index (χ1n) is 10.7. The molecule has 0 amide bonds. The molecule has 1 N–H and O–H groups in total. The van der Waals surface area contributed by atoms with Crippen molar-refractivity contribution in [1.82, 2.24) is 0 Å². The van der Waals surface area contributed by atoms with Gasteiger partial charge in [0.25, 0.3) is 5.69 Å². The van der Waals surface area contributed by atoms with Crippen LogP contribution in [0.2, 0.25) is 0 Å². The van der Waals surface area contributed by atoms with Crippen molar-refractivity contribution in [2.45, 2.75) is 6.61 Å². The first kappa shape index (κ1) is 27.3. The molecule has 12 heteroatoms. The smallest absolute Gasteiger partial charge is 0.270 e. The zero-order valence-electron chi connectivity index (χ0n) is 19.7. The Morgan fingerprint density at radius 1 is 1.06 bits per heavy atom. The van der Waals surface area contributed by atoms with E-state index in [9.17, 15) is 15.4 Å². The van der Waals surface area contributed by atoms with Crippen LogP contribution in [0.25, 0.3) is 0 Å². The zero-order chi connectivity index (χ0) is 25.5. The lowest BCUT2D eigenvalue weighted by molar-refractivity contribution is -0.384. The Hall–Kier alpha value is -3.92. The van der Waals surface area contributed by atoms with Crippen LogP contribution in [0.15, 0.2) is 46.6 Å². The SMILES string of the molecule is COCCOCCN(CCOC)c1ccc(N=Nc2ccc([N+](=O)[O-])cc2C#N)c(COC=N)c1. The molecule has 35 heavy (non-hydrogen) atoms. The number of anilines is 1. The molecule has 2 aromatic rings. The minimum absolute atomic E-state index is 0.0380. The number of non-ortho nitro benzene ring substituents is 1. The number of hydrogen-bond acceptors (Lipinski definition) is 11. The maximum Gasteiger partial charge on any atom is 0.270 e. The first-order valence-corrected chi connectivity index (χ1v) is 10.7. The van der Waals surface area contributed by atoms with Gasteiger partial charge in [0.1, 0.15) is 18.4 Å². The zero-order valence-corrected chi connectivity index (χ0v) is 19.7. The van der Waals surface area contributed by atoms with Gasteiger partial charge in [0.2, 0.25) is 0 Å². The summed E-state index contributed by atoms with van der Waals surface area (Å²) in [5.41, 5.74) is 2.06. The maximum absolute atomic E-state index is 11.0. The highest BCUT2D eigenvalue weighted by molar-refractivity contribution is 5.60. The Labute approximate surface area is 203 Å². The van der Waals surface area contributed by atoms with Gasteiger partial charge in [-0.2, -0.15) is 10.4 Å². The molecule has 2 aromatic carbocycles. The summed E-state index contributed by atoms with van der Waals surface area (Å²) >= 11 is 0. The van der Waals surface area contributed by atoms with Crippen molar-refractivity contribution in [3.05, 3.63) is 57.6 Å². The Balaban J connectivity index is 2.29. The fourth-order valence-electron chi connectivity index (χ4n) is 3.03. The molecule has 0 fully saturated rings. The average Bonchev–Trinajstić information content (AvgIpc) is 2.87. The summed E-state index contributed by atoms with van der Waals surface area (Å²) in [6.07, 6.45) is 0.837. The Morgan fingerprint density at radius 3 is 2.46 bits per heavy atom. The van der Waals surface area contributed by atoms with E-state index in [4.69, 9.17) is 24.4 Å².